The Kier molecular flexibility index (Phi) is 9.72. The van der Waals surface area contributed by atoms with Crippen molar-refractivity contribution in [3.05, 3.63) is 66.6 Å². The second-order valence-corrected chi connectivity index (χ2v) is 9.74. The number of piperidine rings is 1. The summed E-state index contributed by atoms with van der Waals surface area (Å²) in [4.78, 5) is 30.4. The number of aryl methyl sites for hydroxylation is 1. The molecule has 3 aromatic heterocycles. The summed E-state index contributed by atoms with van der Waals surface area (Å²) in [6, 6.07) is 9.22. The Morgan fingerprint density at radius 3 is 2.56 bits per heavy atom. The van der Waals surface area contributed by atoms with Gasteiger partial charge in [-0.05, 0) is 37.6 Å². The van der Waals surface area contributed by atoms with Gasteiger partial charge in [-0.3, -0.25) is 9.78 Å². The smallest absolute Gasteiger partial charge is 0.321 e. The number of carbonyl (C=O) groups is 1. The SMILES string of the molecule is COc1cc(Oc2ncccn2)ccc1-c1cc2c(cc1F)ncc1nc(C)n([C@H]3CCN(C(=O)CO)CC3F)c12.S.S. The van der Waals surface area contributed by atoms with Crippen LogP contribution in [0.15, 0.2) is 55.0 Å². The molecule has 1 aliphatic heterocycles. The maximum atomic E-state index is 15.6. The van der Waals surface area contributed by atoms with Crippen molar-refractivity contribution in [2.24, 2.45) is 0 Å². The van der Waals surface area contributed by atoms with Gasteiger partial charge in [0.25, 0.3) is 0 Å². The van der Waals surface area contributed by atoms with Crippen LogP contribution in [0.5, 0.6) is 17.5 Å². The summed E-state index contributed by atoms with van der Waals surface area (Å²) < 4.78 is 44.2. The molecule has 0 radical (unpaired) electrons. The molecule has 1 unspecified atom stereocenters. The monoisotopic (exact) mass is 628 g/mol. The van der Waals surface area contributed by atoms with Crippen LogP contribution in [-0.2, 0) is 4.79 Å². The lowest BCUT2D eigenvalue weighted by Gasteiger charge is -2.35. The Morgan fingerprint density at radius 2 is 1.86 bits per heavy atom. The van der Waals surface area contributed by atoms with Crippen molar-refractivity contribution < 1.29 is 28.2 Å². The van der Waals surface area contributed by atoms with E-state index >= 15 is 8.78 Å². The fraction of sp³-hybridized carbons (Fsp3) is 0.276. The number of amides is 1. The van der Waals surface area contributed by atoms with Crippen molar-refractivity contribution in [1.82, 2.24) is 29.4 Å². The maximum absolute atomic E-state index is 15.6. The zero-order valence-corrected chi connectivity index (χ0v) is 25.3. The van der Waals surface area contributed by atoms with Gasteiger partial charge in [0, 0.05) is 47.6 Å². The third kappa shape index (κ3) is 5.94. The molecule has 2 atom stereocenters. The lowest BCUT2D eigenvalue weighted by atomic mass is 9.99. The van der Waals surface area contributed by atoms with Gasteiger partial charge >= 0.3 is 6.01 Å². The van der Waals surface area contributed by atoms with Crippen LogP contribution in [-0.4, -0.2) is 73.4 Å². The van der Waals surface area contributed by atoms with E-state index < -0.39 is 30.5 Å². The van der Waals surface area contributed by atoms with Gasteiger partial charge in [-0.15, -0.1) is 0 Å². The second kappa shape index (κ2) is 13.1. The highest BCUT2D eigenvalue weighted by atomic mass is 32.1. The predicted molar refractivity (Wildman–Crippen MR) is 167 cm³/mol. The summed E-state index contributed by atoms with van der Waals surface area (Å²) in [6.07, 6.45) is 3.61. The number of aromatic nitrogens is 5. The number of imidazole rings is 1. The number of fused-ring (bicyclic) bond motifs is 3. The largest absolute Gasteiger partial charge is 0.496 e. The number of aliphatic hydroxyl groups is 1. The number of nitrogens with zero attached hydrogens (tertiary/aromatic N) is 6. The van der Waals surface area contributed by atoms with Gasteiger partial charge in [0.1, 0.15) is 41.4 Å². The molecule has 0 aliphatic carbocycles. The molecular formula is C29H30F2N6O4S2. The first-order valence-corrected chi connectivity index (χ1v) is 13.0. The van der Waals surface area contributed by atoms with Gasteiger partial charge in [0.05, 0.1) is 36.9 Å². The summed E-state index contributed by atoms with van der Waals surface area (Å²) in [6.45, 7) is 1.29. The first kappa shape index (κ1) is 31.9. The molecule has 0 bridgehead atoms. The number of hydrogen-bond donors (Lipinski definition) is 1. The van der Waals surface area contributed by atoms with Crippen molar-refractivity contribution in [3.8, 4) is 28.6 Å². The van der Waals surface area contributed by atoms with E-state index in [1.165, 1.54) is 18.1 Å². The molecule has 5 aromatic rings. The van der Waals surface area contributed by atoms with E-state index in [1.807, 2.05) is 4.57 Å². The Bertz CT molecular complexity index is 1780. The highest BCUT2D eigenvalue weighted by Crippen LogP contribution is 2.39. The van der Waals surface area contributed by atoms with Gasteiger partial charge in [0.2, 0.25) is 5.91 Å². The molecule has 10 nitrogen and oxygen atoms in total. The van der Waals surface area contributed by atoms with Crippen molar-refractivity contribution in [3.63, 3.8) is 0 Å². The molecule has 1 amide bonds. The number of carbonyl (C=O) groups excluding carboxylic acids is 1. The van der Waals surface area contributed by atoms with Gasteiger partial charge < -0.3 is 24.0 Å². The zero-order chi connectivity index (χ0) is 28.7. The van der Waals surface area contributed by atoms with Crippen LogP contribution in [0.4, 0.5) is 8.78 Å². The first-order valence-electron chi connectivity index (χ1n) is 13.0. The number of likely N-dealkylation sites (tertiary alicyclic amines) is 1. The molecule has 1 fully saturated rings. The van der Waals surface area contributed by atoms with E-state index in [2.05, 4.69) is 19.9 Å². The number of methoxy groups -OCH3 is 1. The highest BCUT2D eigenvalue weighted by molar-refractivity contribution is 7.59. The number of halogens is 2. The van der Waals surface area contributed by atoms with Crippen LogP contribution >= 0.6 is 27.0 Å². The van der Waals surface area contributed by atoms with E-state index in [0.717, 1.165) is 0 Å². The van der Waals surface area contributed by atoms with E-state index in [0.29, 0.717) is 57.8 Å². The van der Waals surface area contributed by atoms with Crippen LogP contribution in [0.25, 0.3) is 33.1 Å². The van der Waals surface area contributed by atoms with Gasteiger partial charge in [0.15, 0.2) is 0 Å². The molecule has 0 spiro atoms. The number of pyridine rings is 1. The Labute approximate surface area is 259 Å². The van der Waals surface area contributed by atoms with E-state index in [9.17, 15) is 9.90 Å². The second-order valence-electron chi connectivity index (χ2n) is 9.74. The summed E-state index contributed by atoms with van der Waals surface area (Å²) >= 11 is 0. The van der Waals surface area contributed by atoms with Crippen LogP contribution in [0.1, 0.15) is 18.3 Å². The van der Waals surface area contributed by atoms with Crippen LogP contribution in [0.3, 0.4) is 0 Å². The molecule has 0 saturated carbocycles. The van der Waals surface area contributed by atoms with E-state index in [1.54, 1.807) is 55.8 Å². The molecule has 14 heteroatoms. The van der Waals surface area contributed by atoms with Crippen LogP contribution in [0.2, 0.25) is 0 Å². The van der Waals surface area contributed by atoms with Gasteiger partial charge in [-0.1, -0.05) is 0 Å². The summed E-state index contributed by atoms with van der Waals surface area (Å²) in [5.41, 5.74) is 2.31. The summed E-state index contributed by atoms with van der Waals surface area (Å²) in [7, 11) is 1.48. The predicted octanol–water partition coefficient (Wildman–Crippen LogP) is 4.62. The minimum Gasteiger partial charge on any atom is -0.496 e. The van der Waals surface area contributed by atoms with Crippen molar-refractivity contribution in [2.45, 2.75) is 25.6 Å². The highest BCUT2D eigenvalue weighted by Gasteiger charge is 2.34. The van der Waals surface area contributed by atoms with E-state index in [4.69, 9.17) is 9.47 Å². The molecule has 43 heavy (non-hydrogen) atoms. The lowest BCUT2D eigenvalue weighted by Crippen LogP contribution is -2.46. The number of rotatable bonds is 6. The molecule has 1 saturated heterocycles. The molecule has 1 N–H and O–H groups in total. The minimum atomic E-state index is -1.39. The third-order valence-corrected chi connectivity index (χ3v) is 7.32. The normalized spacial score (nSPS) is 16.4. The topological polar surface area (TPSA) is 115 Å². The summed E-state index contributed by atoms with van der Waals surface area (Å²) in [5.74, 6) is 0.346. The van der Waals surface area contributed by atoms with Gasteiger partial charge in [-0.2, -0.15) is 27.0 Å². The Morgan fingerprint density at radius 1 is 1.09 bits per heavy atom. The Balaban J connectivity index is 0.00000212. The molecular weight excluding hydrogens is 598 g/mol. The minimum absolute atomic E-state index is 0. The Hall–Kier alpha value is -4.01. The van der Waals surface area contributed by atoms with Crippen molar-refractivity contribution in [2.75, 3.05) is 26.8 Å². The average Bonchev–Trinajstić information content (AvgIpc) is 3.32. The number of alkyl halides is 1. The zero-order valence-electron chi connectivity index (χ0n) is 23.3. The number of aliphatic hydroxyl groups excluding tert-OH is 1. The molecule has 6 rings (SSSR count). The van der Waals surface area contributed by atoms with Crippen LogP contribution < -0.4 is 9.47 Å². The first-order chi connectivity index (χ1) is 19.9. The fourth-order valence-corrected chi connectivity index (χ4v) is 5.44. The third-order valence-electron chi connectivity index (χ3n) is 7.32. The van der Waals surface area contributed by atoms with Crippen molar-refractivity contribution in [1.29, 1.82) is 0 Å². The molecule has 4 heterocycles. The van der Waals surface area contributed by atoms with E-state index in [-0.39, 0.29) is 45.1 Å². The molecule has 226 valence electrons. The van der Waals surface area contributed by atoms with Crippen LogP contribution in [0, 0.1) is 12.7 Å². The lowest BCUT2D eigenvalue weighted by molar-refractivity contribution is -0.137. The standard InChI is InChI=1S/C29H26F2N6O4.2H2S/c1-16-35-24-13-34-23-12-21(30)19(18-5-4-17(10-26(18)40-2)41-29-32-7-3-8-33-29)11-20(23)28(24)37(16)25-6-9-36(14-22(25)31)27(39)15-38;;/h3-5,7-8,10-13,22,25,38H,6,9,14-15H2,1-2H3;2*1H2/t22?,25-;;/m0../s1. The van der Waals surface area contributed by atoms with Crippen molar-refractivity contribution >= 4 is 54.8 Å². The molecule has 1 aliphatic rings. The quantitative estimate of drug-likeness (QED) is 0.290. The fourth-order valence-electron chi connectivity index (χ4n) is 5.44. The summed E-state index contributed by atoms with van der Waals surface area (Å²) in [5, 5.41) is 9.80. The average molecular weight is 629 g/mol. The number of ether oxygens (including phenoxy) is 2. The number of benzene rings is 2. The van der Waals surface area contributed by atoms with Gasteiger partial charge in [-0.25, -0.2) is 23.7 Å². The number of hydrogen-bond acceptors (Lipinski definition) is 8. The molecule has 2 aromatic carbocycles. The maximum Gasteiger partial charge on any atom is 0.321 e.